The molecule has 0 spiro atoms. The summed E-state index contributed by atoms with van der Waals surface area (Å²) in [5.41, 5.74) is 0.603. The maximum atomic E-state index is 13.0. The van der Waals surface area contributed by atoms with E-state index in [0.29, 0.717) is 23.3 Å². The Hall–Kier alpha value is -2.52. The van der Waals surface area contributed by atoms with Gasteiger partial charge in [0.15, 0.2) is 0 Å². The molecule has 0 aliphatic heterocycles. The highest BCUT2D eigenvalue weighted by molar-refractivity contribution is 7.18. The van der Waals surface area contributed by atoms with E-state index in [-0.39, 0.29) is 30.5 Å². The van der Waals surface area contributed by atoms with E-state index < -0.39 is 0 Å². The molecule has 0 fully saturated rings. The van der Waals surface area contributed by atoms with Crippen molar-refractivity contribution in [2.24, 2.45) is 0 Å². The molecule has 0 saturated heterocycles. The molecule has 3 heterocycles. The molecule has 3 aromatic heterocycles. The second-order valence-electron chi connectivity index (χ2n) is 5.85. The number of amides is 2. The molecule has 142 valence electrons. The lowest BCUT2D eigenvalue weighted by Gasteiger charge is -2.20. The third kappa shape index (κ3) is 4.09. The van der Waals surface area contributed by atoms with Crippen LogP contribution in [-0.2, 0) is 16.1 Å². The van der Waals surface area contributed by atoms with Crippen molar-refractivity contribution >= 4 is 44.7 Å². The normalized spacial score (nSPS) is 10.9. The van der Waals surface area contributed by atoms with Gasteiger partial charge in [0.05, 0.1) is 18.3 Å². The molecule has 27 heavy (non-hydrogen) atoms. The predicted molar refractivity (Wildman–Crippen MR) is 108 cm³/mol. The van der Waals surface area contributed by atoms with Gasteiger partial charge in [-0.3, -0.25) is 19.0 Å². The highest BCUT2D eigenvalue weighted by Crippen LogP contribution is 2.33. The van der Waals surface area contributed by atoms with Crippen LogP contribution in [0.25, 0.3) is 20.7 Å². The van der Waals surface area contributed by atoms with Crippen LogP contribution in [0.2, 0.25) is 0 Å². The third-order valence-electron chi connectivity index (χ3n) is 4.10. The fraction of sp³-hybridized carbons (Fsp3) is 0.333. The summed E-state index contributed by atoms with van der Waals surface area (Å²) in [6, 6.07) is 3.89. The molecule has 0 atom stereocenters. The van der Waals surface area contributed by atoms with Crippen LogP contribution >= 0.6 is 22.7 Å². The molecule has 0 unspecified atom stereocenters. The molecule has 3 rings (SSSR count). The van der Waals surface area contributed by atoms with Crippen LogP contribution in [0.4, 0.5) is 0 Å². The fourth-order valence-electron chi connectivity index (χ4n) is 2.74. The fourth-order valence-corrected chi connectivity index (χ4v) is 4.46. The first kappa shape index (κ1) is 19.2. The van der Waals surface area contributed by atoms with Crippen LogP contribution in [0, 0.1) is 0 Å². The second-order valence-corrected chi connectivity index (χ2v) is 7.65. The Bertz CT molecular complexity index is 1010. The standard InChI is InChI=1S/C18H20N4O3S2/c1-3-19-14(23)8-21(4-2)15(24)9-22-11-20-17-16(18(22)25)12(10-27-17)13-6-5-7-26-13/h5-7,10-11H,3-4,8-9H2,1-2H3,(H,19,23). The van der Waals surface area contributed by atoms with E-state index >= 15 is 0 Å². The molecule has 7 nitrogen and oxygen atoms in total. The minimum absolute atomic E-state index is 0.0213. The lowest BCUT2D eigenvalue weighted by Crippen LogP contribution is -2.42. The first-order valence-electron chi connectivity index (χ1n) is 8.60. The molecule has 0 aromatic carbocycles. The van der Waals surface area contributed by atoms with E-state index in [2.05, 4.69) is 10.3 Å². The number of carbonyl (C=O) groups is 2. The Kier molecular flexibility index (Phi) is 6.02. The SMILES string of the molecule is CCNC(=O)CN(CC)C(=O)Cn1cnc2scc(-c3cccs3)c2c1=O. The lowest BCUT2D eigenvalue weighted by molar-refractivity contribution is -0.136. The van der Waals surface area contributed by atoms with Crippen LogP contribution in [0.3, 0.4) is 0 Å². The summed E-state index contributed by atoms with van der Waals surface area (Å²) in [5.74, 6) is -0.508. The summed E-state index contributed by atoms with van der Waals surface area (Å²) in [4.78, 5) is 44.7. The van der Waals surface area contributed by atoms with E-state index in [1.54, 1.807) is 18.3 Å². The number of nitrogens with zero attached hydrogens (tertiary/aromatic N) is 3. The zero-order valence-corrected chi connectivity index (χ0v) is 16.7. The largest absolute Gasteiger partial charge is 0.355 e. The zero-order chi connectivity index (χ0) is 19.4. The van der Waals surface area contributed by atoms with Gasteiger partial charge >= 0.3 is 0 Å². The Balaban J connectivity index is 1.87. The van der Waals surface area contributed by atoms with E-state index in [1.165, 1.54) is 27.1 Å². The molecule has 0 aliphatic carbocycles. The van der Waals surface area contributed by atoms with Gasteiger partial charge in [0.1, 0.15) is 11.4 Å². The molecule has 3 aromatic rings. The number of rotatable bonds is 7. The van der Waals surface area contributed by atoms with Crippen molar-refractivity contribution in [3.05, 3.63) is 39.6 Å². The third-order valence-corrected chi connectivity index (χ3v) is 5.89. The first-order chi connectivity index (χ1) is 13.0. The number of aromatic nitrogens is 2. The van der Waals surface area contributed by atoms with E-state index in [4.69, 9.17) is 0 Å². The summed E-state index contributed by atoms with van der Waals surface area (Å²) >= 11 is 2.97. The van der Waals surface area contributed by atoms with Gasteiger partial charge in [-0.2, -0.15) is 0 Å². The van der Waals surface area contributed by atoms with Crippen molar-refractivity contribution in [1.82, 2.24) is 19.8 Å². The van der Waals surface area contributed by atoms with Gasteiger partial charge < -0.3 is 10.2 Å². The van der Waals surface area contributed by atoms with Crippen molar-refractivity contribution < 1.29 is 9.59 Å². The average molecular weight is 405 g/mol. The highest BCUT2D eigenvalue weighted by Gasteiger charge is 2.19. The minimum Gasteiger partial charge on any atom is -0.355 e. The van der Waals surface area contributed by atoms with Gasteiger partial charge in [-0.05, 0) is 25.3 Å². The van der Waals surface area contributed by atoms with E-state index in [0.717, 1.165) is 10.4 Å². The smallest absolute Gasteiger partial charge is 0.263 e. The average Bonchev–Trinajstić information content (AvgIpc) is 3.31. The van der Waals surface area contributed by atoms with E-state index in [1.807, 2.05) is 29.8 Å². The zero-order valence-electron chi connectivity index (χ0n) is 15.1. The Morgan fingerprint density at radius 3 is 2.78 bits per heavy atom. The summed E-state index contributed by atoms with van der Waals surface area (Å²) in [5, 5.41) is 7.08. The van der Waals surface area contributed by atoms with Crippen molar-refractivity contribution in [2.45, 2.75) is 20.4 Å². The number of hydrogen-bond acceptors (Lipinski definition) is 6. The van der Waals surface area contributed by atoms with Gasteiger partial charge in [-0.1, -0.05) is 6.07 Å². The molecular weight excluding hydrogens is 384 g/mol. The van der Waals surface area contributed by atoms with Crippen molar-refractivity contribution in [3.63, 3.8) is 0 Å². The monoisotopic (exact) mass is 404 g/mol. The summed E-state index contributed by atoms with van der Waals surface area (Å²) in [7, 11) is 0. The van der Waals surface area contributed by atoms with Crippen LogP contribution in [0.5, 0.6) is 0 Å². The summed E-state index contributed by atoms with van der Waals surface area (Å²) < 4.78 is 1.31. The summed E-state index contributed by atoms with van der Waals surface area (Å²) in [6.45, 7) is 4.35. The molecule has 1 N–H and O–H groups in total. The number of fused-ring (bicyclic) bond motifs is 1. The van der Waals surface area contributed by atoms with Gasteiger partial charge in [0.25, 0.3) is 5.56 Å². The number of hydrogen-bond donors (Lipinski definition) is 1. The molecule has 0 radical (unpaired) electrons. The molecule has 0 saturated carbocycles. The van der Waals surface area contributed by atoms with Gasteiger partial charge in [-0.25, -0.2) is 4.98 Å². The maximum absolute atomic E-state index is 13.0. The Morgan fingerprint density at radius 2 is 2.11 bits per heavy atom. The molecule has 9 heteroatoms. The van der Waals surface area contributed by atoms with Crippen LogP contribution in [-0.4, -0.2) is 45.9 Å². The first-order valence-corrected chi connectivity index (χ1v) is 10.4. The second kappa shape index (κ2) is 8.45. The quantitative estimate of drug-likeness (QED) is 0.654. The molecular formula is C18H20N4O3S2. The Morgan fingerprint density at radius 1 is 1.30 bits per heavy atom. The van der Waals surface area contributed by atoms with Gasteiger partial charge in [0.2, 0.25) is 11.8 Å². The van der Waals surface area contributed by atoms with Crippen molar-refractivity contribution in [3.8, 4) is 10.4 Å². The maximum Gasteiger partial charge on any atom is 0.263 e. The van der Waals surface area contributed by atoms with Crippen LogP contribution in [0.1, 0.15) is 13.8 Å². The molecule has 2 amide bonds. The molecule has 0 aliphatic rings. The van der Waals surface area contributed by atoms with E-state index in [9.17, 15) is 14.4 Å². The number of nitrogens with one attached hydrogen (secondary N) is 1. The minimum atomic E-state index is -0.292. The number of likely N-dealkylation sites (N-methyl/N-ethyl adjacent to an activating group) is 2. The lowest BCUT2D eigenvalue weighted by atomic mass is 10.2. The van der Waals surface area contributed by atoms with Gasteiger partial charge in [0, 0.05) is 28.9 Å². The predicted octanol–water partition coefficient (Wildman–Crippen LogP) is 2.17. The Labute approximate surface area is 164 Å². The van der Waals surface area contributed by atoms with Crippen LogP contribution < -0.4 is 10.9 Å². The molecule has 0 bridgehead atoms. The van der Waals surface area contributed by atoms with Gasteiger partial charge in [-0.15, -0.1) is 22.7 Å². The summed E-state index contributed by atoms with van der Waals surface area (Å²) in [6.07, 6.45) is 1.40. The van der Waals surface area contributed by atoms with Crippen molar-refractivity contribution in [1.29, 1.82) is 0 Å². The number of thiophene rings is 2. The van der Waals surface area contributed by atoms with Crippen LogP contribution in [0.15, 0.2) is 34.0 Å². The number of carbonyl (C=O) groups excluding carboxylic acids is 2. The highest BCUT2D eigenvalue weighted by atomic mass is 32.1. The topological polar surface area (TPSA) is 84.3 Å². The van der Waals surface area contributed by atoms with Crippen molar-refractivity contribution in [2.75, 3.05) is 19.6 Å².